The molecular formula is C15H19NOS. The molecule has 2 aromatic rings. The molecule has 1 aromatic carbocycles. The van der Waals surface area contributed by atoms with Crippen LogP contribution in [0.25, 0.3) is 10.1 Å². The van der Waals surface area contributed by atoms with E-state index < -0.39 is 0 Å². The predicted octanol–water partition coefficient (Wildman–Crippen LogP) is 3.21. The Morgan fingerprint density at radius 2 is 2.11 bits per heavy atom. The summed E-state index contributed by atoms with van der Waals surface area (Å²) < 4.78 is 7.05. The van der Waals surface area contributed by atoms with Gasteiger partial charge in [-0.15, -0.1) is 11.3 Å². The summed E-state index contributed by atoms with van der Waals surface area (Å²) in [4.78, 5) is 0. The van der Waals surface area contributed by atoms with E-state index in [1.165, 1.54) is 28.5 Å². The largest absolute Gasteiger partial charge is 0.380 e. The van der Waals surface area contributed by atoms with E-state index in [0.29, 0.717) is 0 Å². The Balaban J connectivity index is 1.41. The first-order chi connectivity index (χ1) is 8.93. The number of hydrogen-bond donors (Lipinski definition) is 1. The van der Waals surface area contributed by atoms with Crippen LogP contribution < -0.4 is 5.32 Å². The van der Waals surface area contributed by atoms with E-state index in [0.717, 1.165) is 32.2 Å². The van der Waals surface area contributed by atoms with Gasteiger partial charge in [0, 0.05) is 17.3 Å². The molecule has 0 amide bonds. The molecule has 3 heteroatoms. The Kier molecular flexibility index (Phi) is 3.93. The third kappa shape index (κ3) is 3.10. The van der Waals surface area contributed by atoms with Gasteiger partial charge in [0.15, 0.2) is 0 Å². The van der Waals surface area contributed by atoms with Crippen LogP contribution in [0.15, 0.2) is 29.6 Å². The molecule has 0 aliphatic heterocycles. The summed E-state index contributed by atoms with van der Waals surface area (Å²) in [5.74, 6) is 0. The van der Waals surface area contributed by atoms with Crippen molar-refractivity contribution >= 4 is 21.4 Å². The van der Waals surface area contributed by atoms with Gasteiger partial charge in [0.05, 0.1) is 13.2 Å². The van der Waals surface area contributed by atoms with Gasteiger partial charge in [-0.2, -0.15) is 0 Å². The van der Waals surface area contributed by atoms with Crippen molar-refractivity contribution in [2.75, 3.05) is 19.8 Å². The zero-order chi connectivity index (χ0) is 12.2. The molecule has 1 aliphatic rings. The molecule has 2 nitrogen and oxygen atoms in total. The van der Waals surface area contributed by atoms with E-state index in [2.05, 4.69) is 35.0 Å². The van der Waals surface area contributed by atoms with Crippen molar-refractivity contribution in [1.82, 2.24) is 5.32 Å². The van der Waals surface area contributed by atoms with Crippen molar-refractivity contribution in [3.8, 4) is 0 Å². The lowest BCUT2D eigenvalue weighted by Gasteiger charge is -2.04. The highest BCUT2D eigenvalue weighted by atomic mass is 32.1. The molecule has 0 bridgehead atoms. The highest BCUT2D eigenvalue weighted by molar-refractivity contribution is 7.17. The fourth-order valence-corrected chi connectivity index (χ4v) is 3.13. The quantitative estimate of drug-likeness (QED) is 0.773. The highest BCUT2D eigenvalue weighted by Gasteiger charge is 2.19. The number of ether oxygens (including phenoxy) is 1. The van der Waals surface area contributed by atoms with Gasteiger partial charge in [-0.05, 0) is 41.7 Å². The van der Waals surface area contributed by atoms with E-state index >= 15 is 0 Å². The van der Waals surface area contributed by atoms with Crippen molar-refractivity contribution in [2.24, 2.45) is 0 Å². The predicted molar refractivity (Wildman–Crippen MR) is 77.4 cm³/mol. The zero-order valence-corrected chi connectivity index (χ0v) is 11.3. The number of nitrogens with one attached hydrogen (secondary N) is 1. The molecule has 1 N–H and O–H groups in total. The Morgan fingerprint density at radius 1 is 1.22 bits per heavy atom. The molecule has 0 atom stereocenters. The second-order valence-electron chi connectivity index (χ2n) is 4.85. The van der Waals surface area contributed by atoms with Crippen LogP contribution in [0.3, 0.4) is 0 Å². The topological polar surface area (TPSA) is 21.3 Å². The molecule has 18 heavy (non-hydrogen) atoms. The number of hydrogen-bond acceptors (Lipinski definition) is 3. The lowest BCUT2D eigenvalue weighted by atomic mass is 10.1. The first-order valence-corrected chi connectivity index (χ1v) is 7.58. The van der Waals surface area contributed by atoms with Gasteiger partial charge in [0.25, 0.3) is 0 Å². The van der Waals surface area contributed by atoms with Gasteiger partial charge in [-0.1, -0.05) is 18.2 Å². The van der Waals surface area contributed by atoms with Crippen LogP contribution in [-0.2, 0) is 11.2 Å². The maximum atomic E-state index is 5.68. The van der Waals surface area contributed by atoms with Gasteiger partial charge in [-0.3, -0.25) is 0 Å². The molecular weight excluding hydrogens is 242 g/mol. The number of benzene rings is 1. The van der Waals surface area contributed by atoms with E-state index in [-0.39, 0.29) is 0 Å². The van der Waals surface area contributed by atoms with Crippen molar-refractivity contribution in [2.45, 2.75) is 25.3 Å². The van der Waals surface area contributed by atoms with Crippen molar-refractivity contribution < 1.29 is 4.74 Å². The zero-order valence-electron chi connectivity index (χ0n) is 10.5. The fourth-order valence-electron chi connectivity index (χ4n) is 2.13. The Labute approximate surface area is 112 Å². The summed E-state index contributed by atoms with van der Waals surface area (Å²) in [6, 6.07) is 9.39. The van der Waals surface area contributed by atoms with Crippen LogP contribution in [0.2, 0.25) is 0 Å². The summed E-state index contributed by atoms with van der Waals surface area (Å²) in [6.07, 6.45) is 3.72. The molecule has 0 saturated heterocycles. The van der Waals surface area contributed by atoms with E-state index in [4.69, 9.17) is 4.74 Å². The molecule has 3 rings (SSSR count). The minimum absolute atomic E-state index is 0.786. The van der Waals surface area contributed by atoms with Crippen molar-refractivity contribution in [3.63, 3.8) is 0 Å². The van der Waals surface area contributed by atoms with Gasteiger partial charge in [-0.25, -0.2) is 0 Å². The summed E-state index contributed by atoms with van der Waals surface area (Å²) in [6.45, 7) is 2.65. The van der Waals surface area contributed by atoms with E-state index in [9.17, 15) is 0 Å². The Hall–Kier alpha value is -0.900. The monoisotopic (exact) mass is 261 g/mol. The van der Waals surface area contributed by atoms with E-state index in [1.54, 1.807) is 0 Å². The highest BCUT2D eigenvalue weighted by Crippen LogP contribution is 2.25. The Bertz CT molecular complexity index is 504. The molecule has 1 saturated carbocycles. The molecule has 1 heterocycles. The Morgan fingerprint density at radius 3 is 3.00 bits per heavy atom. The van der Waals surface area contributed by atoms with Gasteiger partial charge >= 0.3 is 0 Å². The summed E-state index contributed by atoms with van der Waals surface area (Å²) in [5, 5.41) is 7.11. The fraction of sp³-hybridized carbons (Fsp3) is 0.467. The maximum absolute atomic E-state index is 5.68. The van der Waals surface area contributed by atoms with Crippen LogP contribution in [0.4, 0.5) is 0 Å². The number of rotatable bonds is 7. The average Bonchev–Trinajstić information content (AvgIpc) is 3.14. The van der Waals surface area contributed by atoms with Gasteiger partial charge < -0.3 is 10.1 Å². The number of thiophene rings is 1. The lowest BCUT2D eigenvalue weighted by molar-refractivity contribution is 0.139. The van der Waals surface area contributed by atoms with Crippen LogP contribution in [0.1, 0.15) is 18.4 Å². The normalized spacial score (nSPS) is 15.3. The molecule has 1 fully saturated rings. The first-order valence-electron chi connectivity index (χ1n) is 6.70. The average molecular weight is 261 g/mol. The number of fused-ring (bicyclic) bond motifs is 1. The molecule has 0 unspecified atom stereocenters. The maximum Gasteiger partial charge on any atom is 0.0591 e. The summed E-state index contributed by atoms with van der Waals surface area (Å²) in [7, 11) is 0. The van der Waals surface area contributed by atoms with Crippen molar-refractivity contribution in [1.29, 1.82) is 0 Å². The van der Waals surface area contributed by atoms with Gasteiger partial charge in [0.1, 0.15) is 0 Å². The SMILES string of the molecule is c1ccc2c(CCOCCNC3CC3)csc2c1. The molecule has 1 aliphatic carbocycles. The van der Waals surface area contributed by atoms with Crippen LogP contribution >= 0.6 is 11.3 Å². The smallest absolute Gasteiger partial charge is 0.0591 e. The van der Waals surface area contributed by atoms with E-state index in [1.807, 2.05) is 11.3 Å². The molecule has 0 spiro atoms. The lowest BCUT2D eigenvalue weighted by Crippen LogP contribution is -2.22. The molecule has 96 valence electrons. The third-order valence-electron chi connectivity index (χ3n) is 3.33. The standard InChI is InChI=1S/C15H19NOS/c1-2-4-15-14(3-1)12(11-18-15)7-9-17-10-8-16-13-5-6-13/h1-4,11,13,16H,5-10H2. The second kappa shape index (κ2) is 5.83. The van der Waals surface area contributed by atoms with Gasteiger partial charge in [0.2, 0.25) is 0 Å². The molecule has 1 aromatic heterocycles. The van der Waals surface area contributed by atoms with Crippen LogP contribution in [0.5, 0.6) is 0 Å². The van der Waals surface area contributed by atoms with Crippen LogP contribution in [0, 0.1) is 0 Å². The first kappa shape index (κ1) is 12.2. The molecule has 0 radical (unpaired) electrons. The summed E-state index contributed by atoms with van der Waals surface area (Å²) >= 11 is 1.83. The van der Waals surface area contributed by atoms with Crippen LogP contribution in [-0.4, -0.2) is 25.8 Å². The third-order valence-corrected chi connectivity index (χ3v) is 4.35. The minimum Gasteiger partial charge on any atom is -0.380 e. The van der Waals surface area contributed by atoms with Crippen molar-refractivity contribution in [3.05, 3.63) is 35.2 Å². The second-order valence-corrected chi connectivity index (χ2v) is 5.76. The summed E-state index contributed by atoms with van der Waals surface area (Å²) in [5.41, 5.74) is 1.42. The minimum atomic E-state index is 0.786.